The summed E-state index contributed by atoms with van der Waals surface area (Å²) in [5.74, 6) is -10.2. The van der Waals surface area contributed by atoms with Crippen molar-refractivity contribution in [2.75, 3.05) is 19.8 Å². The summed E-state index contributed by atoms with van der Waals surface area (Å²) in [7, 11) is 0. The molecule has 0 spiro atoms. The van der Waals surface area contributed by atoms with Crippen molar-refractivity contribution < 1.29 is 37.0 Å². The van der Waals surface area contributed by atoms with Gasteiger partial charge in [0.25, 0.3) is 0 Å². The summed E-state index contributed by atoms with van der Waals surface area (Å²) in [6.45, 7) is 2.87. The Morgan fingerprint density at radius 2 is 1.90 bits per heavy atom. The maximum atomic E-state index is 13.9. The number of halogens is 4. The minimum absolute atomic E-state index is 0.00217. The Bertz CT molecular complexity index is 841. The van der Waals surface area contributed by atoms with E-state index >= 15 is 0 Å². The maximum absolute atomic E-state index is 13.9. The van der Waals surface area contributed by atoms with E-state index < -0.39 is 46.5 Å². The van der Waals surface area contributed by atoms with E-state index in [-0.39, 0.29) is 31.0 Å². The molecule has 3 N–H and O–H groups in total. The molecule has 0 aliphatic heterocycles. The molecule has 166 valence electrons. The highest BCUT2D eigenvalue weighted by Crippen LogP contribution is 2.38. The number of carbonyl (C=O) groups is 2. The number of rotatable bonds is 11. The van der Waals surface area contributed by atoms with Crippen molar-refractivity contribution in [2.24, 2.45) is 5.92 Å². The van der Waals surface area contributed by atoms with Gasteiger partial charge in [0.05, 0.1) is 12.2 Å². The first-order chi connectivity index (χ1) is 14.2. The van der Waals surface area contributed by atoms with Gasteiger partial charge in [-0.15, -0.1) is 0 Å². The van der Waals surface area contributed by atoms with Gasteiger partial charge in [-0.1, -0.05) is 6.92 Å². The molecule has 2 rings (SSSR count). The van der Waals surface area contributed by atoms with Gasteiger partial charge in [0.1, 0.15) is 5.70 Å². The van der Waals surface area contributed by atoms with Gasteiger partial charge in [0, 0.05) is 30.8 Å². The number of aliphatic hydroxyl groups is 1. The first-order valence-corrected chi connectivity index (χ1v) is 9.52. The molecular formula is C20H24F4N2O4. The zero-order valence-corrected chi connectivity index (χ0v) is 16.7. The van der Waals surface area contributed by atoms with Crippen LogP contribution in [0.2, 0.25) is 0 Å². The van der Waals surface area contributed by atoms with E-state index in [0.717, 1.165) is 12.8 Å². The number of ketones is 1. The second-order valence-corrected chi connectivity index (χ2v) is 7.17. The quantitative estimate of drug-likeness (QED) is 0.124. The minimum Gasteiger partial charge on any atom is -0.461 e. The third-order valence-electron chi connectivity index (χ3n) is 4.88. The summed E-state index contributed by atoms with van der Waals surface area (Å²) in [5.41, 5.74) is -1.22. The second-order valence-electron chi connectivity index (χ2n) is 7.17. The molecule has 0 saturated heterocycles. The number of benzene rings is 1. The Morgan fingerprint density at radius 3 is 2.47 bits per heavy atom. The lowest BCUT2D eigenvalue weighted by atomic mass is 9.98. The Kier molecular flexibility index (Phi) is 7.83. The van der Waals surface area contributed by atoms with Crippen molar-refractivity contribution in [3.63, 3.8) is 0 Å². The molecule has 1 saturated carbocycles. The largest absolute Gasteiger partial charge is 0.461 e. The fourth-order valence-corrected chi connectivity index (χ4v) is 2.82. The molecule has 30 heavy (non-hydrogen) atoms. The minimum atomic E-state index is -2.06. The molecule has 1 fully saturated rings. The summed E-state index contributed by atoms with van der Waals surface area (Å²) in [6.07, 6.45) is 3.51. The highest BCUT2D eigenvalue weighted by Gasteiger charge is 2.41. The summed E-state index contributed by atoms with van der Waals surface area (Å²) in [5, 5.41) is 14.9. The van der Waals surface area contributed by atoms with E-state index in [4.69, 9.17) is 9.84 Å². The molecule has 0 heterocycles. The monoisotopic (exact) mass is 432 g/mol. The highest BCUT2D eigenvalue weighted by molar-refractivity contribution is 5.98. The summed E-state index contributed by atoms with van der Waals surface area (Å²) in [6, 6.07) is 0.308. The number of ether oxygens (including phenoxy) is 1. The van der Waals surface area contributed by atoms with Gasteiger partial charge in [0.15, 0.2) is 29.1 Å². The molecule has 0 radical (unpaired) electrons. The molecule has 0 aromatic heterocycles. The fourth-order valence-electron chi connectivity index (χ4n) is 2.82. The summed E-state index contributed by atoms with van der Waals surface area (Å²) in [4.78, 5) is 24.5. The van der Waals surface area contributed by atoms with Gasteiger partial charge in [-0.3, -0.25) is 4.79 Å². The predicted molar refractivity (Wildman–Crippen MR) is 99.3 cm³/mol. The van der Waals surface area contributed by atoms with Crippen molar-refractivity contribution >= 4 is 11.8 Å². The molecule has 1 unspecified atom stereocenters. The number of carbonyl (C=O) groups excluding carboxylic acids is 2. The third-order valence-corrected chi connectivity index (χ3v) is 4.88. The van der Waals surface area contributed by atoms with Gasteiger partial charge < -0.3 is 20.5 Å². The Hall–Kier alpha value is -2.62. The molecule has 6 nitrogen and oxygen atoms in total. The number of Topliss-reactive ketones (excluding diaryl/α,β-unsaturated/α-hetero) is 1. The number of nitrogens with one attached hydrogen (secondary N) is 2. The lowest BCUT2D eigenvalue weighted by Crippen LogP contribution is -2.34. The van der Waals surface area contributed by atoms with Crippen LogP contribution in [0.25, 0.3) is 0 Å². The molecule has 10 heteroatoms. The zero-order valence-electron chi connectivity index (χ0n) is 16.7. The second kappa shape index (κ2) is 9.92. The van der Waals surface area contributed by atoms with Crippen molar-refractivity contribution in [1.29, 1.82) is 0 Å². The van der Waals surface area contributed by atoms with Crippen LogP contribution in [0.15, 0.2) is 18.0 Å². The van der Waals surface area contributed by atoms with Gasteiger partial charge in [-0.2, -0.15) is 0 Å². The summed E-state index contributed by atoms with van der Waals surface area (Å²) < 4.78 is 58.7. The first kappa shape index (κ1) is 23.7. The fraction of sp³-hybridized carbons (Fsp3) is 0.500. The Labute approximate surface area is 171 Å². The topological polar surface area (TPSA) is 87.7 Å². The Balaban J connectivity index is 2.10. The van der Waals surface area contributed by atoms with E-state index in [1.165, 1.54) is 13.1 Å². The van der Waals surface area contributed by atoms with Crippen molar-refractivity contribution in [2.45, 2.75) is 38.6 Å². The Morgan fingerprint density at radius 1 is 1.23 bits per heavy atom. The van der Waals surface area contributed by atoms with E-state index in [9.17, 15) is 27.2 Å². The SMILES string of the molecule is CCOC(=O)C(=CNC1(CCO)CC1)NCC(C)C(=O)c1cc(F)c(F)c(F)c1F. The number of aliphatic hydroxyl groups excluding tert-OH is 1. The average molecular weight is 432 g/mol. The first-order valence-electron chi connectivity index (χ1n) is 9.52. The van der Waals surface area contributed by atoms with Gasteiger partial charge in [0.2, 0.25) is 0 Å². The third kappa shape index (κ3) is 5.50. The van der Waals surface area contributed by atoms with Crippen molar-refractivity contribution in [3.05, 3.63) is 46.8 Å². The van der Waals surface area contributed by atoms with Crippen LogP contribution in [-0.2, 0) is 9.53 Å². The van der Waals surface area contributed by atoms with Crippen LogP contribution in [0.1, 0.15) is 43.5 Å². The normalized spacial score (nSPS) is 16.0. The van der Waals surface area contributed by atoms with Gasteiger partial charge in [-0.25, -0.2) is 22.4 Å². The van der Waals surface area contributed by atoms with Gasteiger partial charge in [-0.05, 0) is 32.3 Å². The standard InChI is InChI=1S/C20H24F4N2O4/c1-3-30-19(29)14(10-26-20(4-5-20)6-7-27)25-9-11(2)18(28)12-8-13(21)16(23)17(24)15(12)22/h8,10-11,25-27H,3-7,9H2,1-2H3. The molecular weight excluding hydrogens is 408 g/mol. The van der Waals surface area contributed by atoms with Crippen LogP contribution in [0.5, 0.6) is 0 Å². The average Bonchev–Trinajstić information content (AvgIpc) is 3.48. The predicted octanol–water partition coefficient (Wildman–Crippen LogP) is 2.56. The van der Waals surface area contributed by atoms with Crippen molar-refractivity contribution in [3.8, 4) is 0 Å². The number of esters is 1. The zero-order chi connectivity index (χ0) is 22.5. The lowest BCUT2D eigenvalue weighted by molar-refractivity contribution is -0.139. The van der Waals surface area contributed by atoms with E-state index in [2.05, 4.69) is 10.6 Å². The molecule has 0 bridgehead atoms. The summed E-state index contributed by atoms with van der Waals surface area (Å²) >= 11 is 0. The molecule has 0 amide bonds. The van der Waals surface area contributed by atoms with E-state index in [1.807, 2.05) is 0 Å². The molecule has 1 aromatic rings. The van der Waals surface area contributed by atoms with Crippen LogP contribution in [0.4, 0.5) is 17.6 Å². The molecule has 1 aliphatic rings. The van der Waals surface area contributed by atoms with Crippen molar-refractivity contribution in [1.82, 2.24) is 10.6 Å². The van der Waals surface area contributed by atoms with Gasteiger partial charge >= 0.3 is 5.97 Å². The van der Waals surface area contributed by atoms with Crippen LogP contribution in [0, 0.1) is 29.2 Å². The van der Waals surface area contributed by atoms with Crippen LogP contribution < -0.4 is 10.6 Å². The highest BCUT2D eigenvalue weighted by atomic mass is 19.2. The van der Waals surface area contributed by atoms with E-state index in [0.29, 0.717) is 12.5 Å². The molecule has 1 aromatic carbocycles. The maximum Gasteiger partial charge on any atom is 0.355 e. The molecule has 1 atom stereocenters. The number of hydrogen-bond donors (Lipinski definition) is 3. The van der Waals surface area contributed by atoms with E-state index in [1.54, 1.807) is 6.92 Å². The number of hydrogen-bond acceptors (Lipinski definition) is 6. The smallest absolute Gasteiger partial charge is 0.355 e. The van der Waals surface area contributed by atoms with Crippen LogP contribution in [-0.4, -0.2) is 42.2 Å². The van der Waals surface area contributed by atoms with Crippen LogP contribution >= 0.6 is 0 Å². The molecule has 1 aliphatic carbocycles. The lowest BCUT2D eigenvalue weighted by Gasteiger charge is -2.18. The van der Waals surface area contributed by atoms with Crippen LogP contribution in [0.3, 0.4) is 0 Å².